The highest BCUT2D eigenvalue weighted by Gasteiger charge is 2.26. The van der Waals surface area contributed by atoms with Crippen molar-refractivity contribution in [3.8, 4) is 0 Å². The van der Waals surface area contributed by atoms with Gasteiger partial charge >= 0.3 is 6.09 Å². The first kappa shape index (κ1) is 18.3. The van der Waals surface area contributed by atoms with E-state index in [0.717, 1.165) is 5.56 Å². The van der Waals surface area contributed by atoms with Gasteiger partial charge in [0, 0.05) is 43.3 Å². The van der Waals surface area contributed by atoms with Crippen LogP contribution >= 0.6 is 0 Å². The minimum Gasteiger partial charge on any atom is -0.465 e. The predicted octanol–water partition coefficient (Wildman–Crippen LogP) is 2.40. The van der Waals surface area contributed by atoms with Gasteiger partial charge in [-0.2, -0.15) is 0 Å². The minimum atomic E-state index is -0.859. The summed E-state index contributed by atoms with van der Waals surface area (Å²) in [5.74, 6) is -0.0758. The summed E-state index contributed by atoms with van der Waals surface area (Å²) in [5, 5.41) is 12.1. The van der Waals surface area contributed by atoms with Crippen molar-refractivity contribution in [2.45, 2.75) is 45.8 Å². The van der Waals surface area contributed by atoms with Crippen LogP contribution in [-0.4, -0.2) is 58.1 Å². The molecule has 0 aliphatic carbocycles. The molecule has 0 radical (unpaired) electrons. The number of carboxylic acid groups (broad SMARTS) is 1. The largest absolute Gasteiger partial charge is 0.465 e. The van der Waals surface area contributed by atoms with Crippen molar-refractivity contribution in [1.29, 1.82) is 0 Å². The van der Waals surface area contributed by atoms with Crippen LogP contribution in [0.3, 0.4) is 0 Å². The molecule has 132 valence electrons. The topological polar surface area (TPSA) is 72.9 Å². The summed E-state index contributed by atoms with van der Waals surface area (Å²) in [6, 6.07) is 7.78. The van der Waals surface area contributed by atoms with Gasteiger partial charge in [0.1, 0.15) is 0 Å². The van der Waals surface area contributed by atoms with Crippen LogP contribution in [0.1, 0.15) is 43.6 Å². The Morgan fingerprint density at radius 1 is 1.29 bits per heavy atom. The standard InChI is InChI=1S/C18H27N3O3/c1-13-11-21(17(23)24)9-8-20(13)12-14-6-5-7-15(10-14)16(22)19-18(2,3)4/h5-7,10,13H,8-9,11-12H2,1-4H3,(H,19,22)(H,23,24)/t13-/m1/s1. The Labute approximate surface area is 143 Å². The van der Waals surface area contributed by atoms with Gasteiger partial charge in [0.25, 0.3) is 5.91 Å². The summed E-state index contributed by atoms with van der Waals surface area (Å²) in [6.45, 7) is 10.3. The molecule has 1 heterocycles. The van der Waals surface area contributed by atoms with Crippen molar-refractivity contribution in [2.24, 2.45) is 0 Å². The molecule has 1 saturated heterocycles. The first-order chi connectivity index (χ1) is 11.2. The number of rotatable bonds is 3. The molecular formula is C18H27N3O3. The quantitative estimate of drug-likeness (QED) is 0.891. The van der Waals surface area contributed by atoms with Crippen LogP contribution in [0.25, 0.3) is 0 Å². The summed E-state index contributed by atoms with van der Waals surface area (Å²) in [4.78, 5) is 27.1. The van der Waals surface area contributed by atoms with Gasteiger partial charge < -0.3 is 15.3 Å². The molecule has 0 saturated carbocycles. The molecule has 1 fully saturated rings. The van der Waals surface area contributed by atoms with E-state index >= 15 is 0 Å². The normalized spacial score (nSPS) is 19.2. The maximum absolute atomic E-state index is 12.3. The molecular weight excluding hydrogens is 306 g/mol. The fraction of sp³-hybridized carbons (Fsp3) is 0.556. The van der Waals surface area contributed by atoms with Gasteiger partial charge in [-0.05, 0) is 45.4 Å². The number of carbonyl (C=O) groups is 2. The van der Waals surface area contributed by atoms with Crippen molar-refractivity contribution in [3.05, 3.63) is 35.4 Å². The molecule has 1 aliphatic rings. The van der Waals surface area contributed by atoms with E-state index < -0.39 is 6.09 Å². The third kappa shape index (κ3) is 4.96. The zero-order valence-electron chi connectivity index (χ0n) is 14.9. The lowest BCUT2D eigenvalue weighted by Gasteiger charge is -2.38. The maximum Gasteiger partial charge on any atom is 0.407 e. The summed E-state index contributed by atoms with van der Waals surface area (Å²) >= 11 is 0. The van der Waals surface area contributed by atoms with Crippen LogP contribution in [0.5, 0.6) is 0 Å². The average molecular weight is 333 g/mol. The number of nitrogens with one attached hydrogen (secondary N) is 1. The van der Waals surface area contributed by atoms with E-state index in [1.807, 2.05) is 52.0 Å². The van der Waals surface area contributed by atoms with Gasteiger partial charge in [0.05, 0.1) is 0 Å². The van der Waals surface area contributed by atoms with E-state index in [4.69, 9.17) is 5.11 Å². The maximum atomic E-state index is 12.3. The summed E-state index contributed by atoms with van der Waals surface area (Å²) in [6.07, 6.45) is -0.859. The molecule has 1 aromatic rings. The second-order valence-electron chi connectivity index (χ2n) is 7.45. The highest BCUT2D eigenvalue weighted by atomic mass is 16.4. The monoisotopic (exact) mass is 333 g/mol. The highest BCUT2D eigenvalue weighted by molar-refractivity contribution is 5.94. The Morgan fingerprint density at radius 2 is 2.00 bits per heavy atom. The Bertz CT molecular complexity index is 610. The molecule has 6 heteroatoms. The van der Waals surface area contributed by atoms with E-state index in [1.54, 1.807) is 0 Å². The van der Waals surface area contributed by atoms with Crippen molar-refractivity contribution in [3.63, 3.8) is 0 Å². The first-order valence-electron chi connectivity index (χ1n) is 8.29. The lowest BCUT2D eigenvalue weighted by atomic mass is 10.1. The van der Waals surface area contributed by atoms with Crippen molar-refractivity contribution in [1.82, 2.24) is 15.1 Å². The molecule has 1 atom stereocenters. The Kier molecular flexibility index (Phi) is 5.49. The van der Waals surface area contributed by atoms with Crippen molar-refractivity contribution >= 4 is 12.0 Å². The van der Waals surface area contributed by atoms with E-state index in [2.05, 4.69) is 10.2 Å². The molecule has 2 rings (SSSR count). The molecule has 24 heavy (non-hydrogen) atoms. The Hall–Kier alpha value is -2.08. The SMILES string of the molecule is C[C@@H]1CN(C(=O)O)CCN1Cc1cccc(C(=O)NC(C)(C)C)c1. The molecule has 0 bridgehead atoms. The lowest BCUT2D eigenvalue weighted by Crippen LogP contribution is -2.52. The second-order valence-corrected chi connectivity index (χ2v) is 7.45. The van der Waals surface area contributed by atoms with Gasteiger partial charge in [-0.25, -0.2) is 4.79 Å². The van der Waals surface area contributed by atoms with E-state index in [9.17, 15) is 9.59 Å². The number of piperazine rings is 1. The van der Waals surface area contributed by atoms with Crippen LogP contribution in [0.15, 0.2) is 24.3 Å². The zero-order chi connectivity index (χ0) is 17.9. The number of amides is 2. The smallest absolute Gasteiger partial charge is 0.407 e. The number of hydrogen-bond acceptors (Lipinski definition) is 3. The average Bonchev–Trinajstić information content (AvgIpc) is 2.47. The lowest BCUT2D eigenvalue weighted by molar-refractivity contribution is 0.0711. The second kappa shape index (κ2) is 7.21. The van der Waals surface area contributed by atoms with Gasteiger partial charge in [-0.3, -0.25) is 9.69 Å². The van der Waals surface area contributed by atoms with E-state index in [0.29, 0.717) is 31.7 Å². The summed E-state index contributed by atoms with van der Waals surface area (Å²) in [5.41, 5.74) is 1.45. The third-order valence-corrected chi connectivity index (χ3v) is 4.10. The zero-order valence-corrected chi connectivity index (χ0v) is 14.9. The molecule has 2 amide bonds. The van der Waals surface area contributed by atoms with Crippen LogP contribution < -0.4 is 5.32 Å². The molecule has 1 aliphatic heterocycles. The van der Waals surface area contributed by atoms with Crippen LogP contribution in [-0.2, 0) is 6.54 Å². The molecule has 1 aromatic carbocycles. The molecule has 2 N–H and O–H groups in total. The number of benzene rings is 1. The van der Waals surface area contributed by atoms with Crippen LogP contribution in [0.2, 0.25) is 0 Å². The summed E-state index contributed by atoms with van der Waals surface area (Å²) < 4.78 is 0. The summed E-state index contributed by atoms with van der Waals surface area (Å²) in [7, 11) is 0. The van der Waals surface area contributed by atoms with Crippen molar-refractivity contribution < 1.29 is 14.7 Å². The van der Waals surface area contributed by atoms with Gasteiger partial charge in [0.15, 0.2) is 0 Å². The number of carbonyl (C=O) groups excluding carboxylic acids is 1. The minimum absolute atomic E-state index is 0.0758. The number of nitrogens with zero attached hydrogens (tertiary/aromatic N) is 2. The molecule has 6 nitrogen and oxygen atoms in total. The fourth-order valence-electron chi connectivity index (χ4n) is 2.86. The first-order valence-corrected chi connectivity index (χ1v) is 8.29. The van der Waals surface area contributed by atoms with Gasteiger partial charge in [0.2, 0.25) is 0 Å². The van der Waals surface area contributed by atoms with Gasteiger partial charge in [-0.15, -0.1) is 0 Å². The highest BCUT2D eigenvalue weighted by Crippen LogP contribution is 2.15. The van der Waals surface area contributed by atoms with Crippen LogP contribution in [0.4, 0.5) is 4.79 Å². The fourth-order valence-corrected chi connectivity index (χ4v) is 2.86. The van der Waals surface area contributed by atoms with Crippen molar-refractivity contribution in [2.75, 3.05) is 19.6 Å². The van der Waals surface area contributed by atoms with Gasteiger partial charge in [-0.1, -0.05) is 12.1 Å². The Balaban J connectivity index is 2.02. The van der Waals surface area contributed by atoms with Crippen LogP contribution in [0, 0.1) is 0 Å². The molecule has 0 spiro atoms. The van der Waals surface area contributed by atoms with E-state index in [1.165, 1.54) is 4.90 Å². The molecule has 0 aromatic heterocycles. The van der Waals surface area contributed by atoms with E-state index in [-0.39, 0.29) is 17.5 Å². The molecule has 0 unspecified atom stereocenters. The third-order valence-electron chi connectivity index (χ3n) is 4.10. The number of hydrogen-bond donors (Lipinski definition) is 2. The Morgan fingerprint density at radius 3 is 2.58 bits per heavy atom. The predicted molar refractivity (Wildman–Crippen MR) is 93.1 cm³/mol.